The zero-order valence-corrected chi connectivity index (χ0v) is 11.5. The molecule has 5 nitrogen and oxygen atoms in total. The van der Waals surface area contributed by atoms with Gasteiger partial charge in [-0.3, -0.25) is 9.59 Å². The molecule has 0 fully saturated rings. The van der Waals surface area contributed by atoms with Crippen LogP contribution in [-0.4, -0.2) is 30.2 Å². The Bertz CT molecular complexity index is 505. The molecule has 2 rings (SSSR count). The van der Waals surface area contributed by atoms with Crippen LogP contribution in [0.5, 0.6) is 0 Å². The number of hydrogen-bond donors (Lipinski definition) is 3. The summed E-state index contributed by atoms with van der Waals surface area (Å²) in [7, 11) is 0. The number of hydrogen-bond acceptors (Lipinski definition) is 4. The molecule has 1 atom stereocenters. The summed E-state index contributed by atoms with van der Waals surface area (Å²) in [6.07, 6.45) is 0.295. The van der Waals surface area contributed by atoms with E-state index in [2.05, 4.69) is 10.6 Å². The number of rotatable bonds is 4. The van der Waals surface area contributed by atoms with Crippen molar-refractivity contribution < 1.29 is 9.59 Å². The maximum Gasteiger partial charge on any atom is 0.237 e. The minimum Gasteiger partial charge on any atom is -0.355 e. The molecule has 0 saturated carbocycles. The molecule has 1 heterocycles. The third-order valence-electron chi connectivity index (χ3n) is 2.81. The minimum atomic E-state index is -0.0776. The first kappa shape index (κ1) is 13.9. The molecule has 1 aromatic rings. The Morgan fingerprint density at radius 1 is 1.53 bits per heavy atom. The molecule has 0 aromatic heterocycles. The molecular formula is C13H17N3O2S. The van der Waals surface area contributed by atoms with Crippen LogP contribution in [0.25, 0.3) is 0 Å². The van der Waals surface area contributed by atoms with E-state index in [0.29, 0.717) is 19.5 Å². The van der Waals surface area contributed by atoms with E-state index in [1.807, 2.05) is 25.1 Å². The highest BCUT2D eigenvalue weighted by Crippen LogP contribution is 2.35. The molecule has 0 spiro atoms. The second-order valence-corrected chi connectivity index (χ2v) is 5.78. The largest absolute Gasteiger partial charge is 0.355 e. The molecule has 1 unspecified atom stereocenters. The highest BCUT2D eigenvalue weighted by Gasteiger charge is 2.23. The van der Waals surface area contributed by atoms with Crippen molar-refractivity contribution in [3.05, 3.63) is 23.8 Å². The van der Waals surface area contributed by atoms with Gasteiger partial charge in [0.15, 0.2) is 0 Å². The fraction of sp³-hybridized carbons (Fsp3) is 0.385. The van der Waals surface area contributed by atoms with Gasteiger partial charge in [0.2, 0.25) is 11.8 Å². The predicted octanol–water partition coefficient (Wildman–Crippen LogP) is 0.737. The number of carbonyl (C=O) groups excluding carboxylic acids is 2. The van der Waals surface area contributed by atoms with Gasteiger partial charge in [-0.1, -0.05) is 6.07 Å². The molecule has 1 aromatic carbocycles. The Hall–Kier alpha value is -1.53. The van der Waals surface area contributed by atoms with Gasteiger partial charge in [0, 0.05) is 18.0 Å². The van der Waals surface area contributed by atoms with Crippen LogP contribution < -0.4 is 16.4 Å². The fourth-order valence-corrected chi connectivity index (χ4v) is 2.76. The van der Waals surface area contributed by atoms with Crippen molar-refractivity contribution in [2.24, 2.45) is 5.73 Å². The van der Waals surface area contributed by atoms with Gasteiger partial charge in [-0.15, -0.1) is 11.8 Å². The quantitative estimate of drug-likeness (QED) is 0.759. The molecule has 4 N–H and O–H groups in total. The molecule has 1 aliphatic rings. The van der Waals surface area contributed by atoms with Crippen molar-refractivity contribution in [3.63, 3.8) is 0 Å². The summed E-state index contributed by atoms with van der Waals surface area (Å²) in [5.74, 6) is -0.0595. The Kier molecular flexibility index (Phi) is 4.44. The number of anilines is 1. The molecule has 6 heteroatoms. The van der Waals surface area contributed by atoms with Crippen LogP contribution in [0.3, 0.4) is 0 Å². The second-order valence-electron chi connectivity index (χ2n) is 4.40. The van der Waals surface area contributed by atoms with E-state index in [1.165, 1.54) is 11.8 Å². The molecule has 0 saturated heterocycles. The maximum absolute atomic E-state index is 11.6. The average Bonchev–Trinajstić information content (AvgIpc) is 2.38. The number of fused-ring (bicyclic) bond motifs is 1. The van der Waals surface area contributed by atoms with Gasteiger partial charge >= 0.3 is 0 Å². The summed E-state index contributed by atoms with van der Waals surface area (Å²) >= 11 is 1.53. The Labute approximate surface area is 116 Å². The van der Waals surface area contributed by atoms with Gasteiger partial charge in [-0.05, 0) is 24.6 Å². The lowest BCUT2D eigenvalue weighted by Crippen LogP contribution is -2.30. The summed E-state index contributed by atoms with van der Waals surface area (Å²) in [5, 5.41) is 5.50. The molecule has 0 bridgehead atoms. The van der Waals surface area contributed by atoms with E-state index in [4.69, 9.17) is 5.73 Å². The van der Waals surface area contributed by atoms with Crippen molar-refractivity contribution in [2.75, 3.05) is 18.4 Å². The van der Waals surface area contributed by atoms with Crippen LogP contribution in [0.4, 0.5) is 5.69 Å². The van der Waals surface area contributed by atoms with Gasteiger partial charge in [-0.2, -0.15) is 0 Å². The summed E-state index contributed by atoms with van der Waals surface area (Å²) in [6, 6.07) is 5.72. The highest BCUT2D eigenvalue weighted by molar-refractivity contribution is 8.00. The zero-order valence-electron chi connectivity index (χ0n) is 10.7. The second kappa shape index (κ2) is 6.08. The molecule has 1 aliphatic heterocycles. The summed E-state index contributed by atoms with van der Waals surface area (Å²) < 4.78 is 0. The Morgan fingerprint density at radius 2 is 2.32 bits per heavy atom. The van der Waals surface area contributed by atoms with Crippen molar-refractivity contribution >= 4 is 29.3 Å². The van der Waals surface area contributed by atoms with Gasteiger partial charge in [0.05, 0.1) is 17.4 Å². The summed E-state index contributed by atoms with van der Waals surface area (Å²) in [6.45, 7) is 2.78. The first-order chi connectivity index (χ1) is 9.10. The lowest BCUT2D eigenvalue weighted by Gasteiger charge is -2.21. The third-order valence-corrected chi connectivity index (χ3v) is 3.98. The fourth-order valence-electron chi connectivity index (χ4n) is 1.83. The minimum absolute atomic E-state index is 0.00207. The Morgan fingerprint density at radius 3 is 3.05 bits per heavy atom. The SMILES string of the molecule is CC1Sc2ccc(CC(=O)NCCN)cc2NC1=O. The van der Waals surface area contributed by atoms with Gasteiger partial charge in [0.25, 0.3) is 0 Å². The molecular weight excluding hydrogens is 262 g/mol. The maximum atomic E-state index is 11.6. The lowest BCUT2D eigenvalue weighted by atomic mass is 10.1. The smallest absolute Gasteiger partial charge is 0.237 e. The average molecular weight is 279 g/mol. The molecule has 0 aliphatic carbocycles. The topological polar surface area (TPSA) is 84.2 Å². The third kappa shape index (κ3) is 3.48. The van der Waals surface area contributed by atoms with Crippen LogP contribution in [0.1, 0.15) is 12.5 Å². The summed E-state index contributed by atoms with van der Waals surface area (Å²) in [5.41, 5.74) is 6.99. The predicted molar refractivity (Wildman–Crippen MR) is 76.2 cm³/mol. The number of nitrogens with two attached hydrogens (primary N) is 1. The molecule has 0 radical (unpaired) electrons. The Balaban J connectivity index is 2.07. The number of nitrogens with one attached hydrogen (secondary N) is 2. The van der Waals surface area contributed by atoms with Crippen LogP contribution in [0.15, 0.2) is 23.1 Å². The number of thioether (sulfide) groups is 1. The highest BCUT2D eigenvalue weighted by atomic mass is 32.2. The van der Waals surface area contributed by atoms with Crippen molar-refractivity contribution in [1.82, 2.24) is 5.32 Å². The number of amides is 2. The number of carbonyl (C=O) groups is 2. The van der Waals surface area contributed by atoms with Crippen LogP contribution >= 0.6 is 11.8 Å². The van der Waals surface area contributed by atoms with E-state index in [0.717, 1.165) is 16.1 Å². The first-order valence-corrected chi connectivity index (χ1v) is 7.05. The molecule has 19 heavy (non-hydrogen) atoms. The normalized spacial score (nSPS) is 17.6. The van der Waals surface area contributed by atoms with Crippen molar-refractivity contribution in [3.8, 4) is 0 Å². The van der Waals surface area contributed by atoms with Crippen molar-refractivity contribution in [2.45, 2.75) is 23.5 Å². The zero-order chi connectivity index (χ0) is 13.8. The van der Waals surface area contributed by atoms with Crippen LogP contribution in [0, 0.1) is 0 Å². The van der Waals surface area contributed by atoms with Crippen molar-refractivity contribution in [1.29, 1.82) is 0 Å². The molecule has 2 amide bonds. The van der Waals surface area contributed by atoms with Gasteiger partial charge in [-0.25, -0.2) is 0 Å². The standard InChI is InChI=1S/C13H17N3O2S/c1-8-13(18)16-10-6-9(2-3-11(10)19-8)7-12(17)15-5-4-14/h2-3,6,8H,4-5,7,14H2,1H3,(H,15,17)(H,16,18). The molecule has 102 valence electrons. The first-order valence-electron chi connectivity index (χ1n) is 6.17. The van der Waals surface area contributed by atoms with Crippen LogP contribution in [0.2, 0.25) is 0 Å². The van der Waals surface area contributed by atoms with Gasteiger partial charge in [0.1, 0.15) is 0 Å². The van der Waals surface area contributed by atoms with E-state index >= 15 is 0 Å². The van der Waals surface area contributed by atoms with E-state index < -0.39 is 0 Å². The van der Waals surface area contributed by atoms with Gasteiger partial charge < -0.3 is 16.4 Å². The lowest BCUT2D eigenvalue weighted by molar-refractivity contribution is -0.120. The van der Waals surface area contributed by atoms with E-state index in [-0.39, 0.29) is 17.1 Å². The van der Waals surface area contributed by atoms with E-state index in [1.54, 1.807) is 0 Å². The number of benzene rings is 1. The van der Waals surface area contributed by atoms with E-state index in [9.17, 15) is 9.59 Å². The van der Waals surface area contributed by atoms with Crippen LogP contribution in [-0.2, 0) is 16.0 Å². The summed E-state index contributed by atoms with van der Waals surface area (Å²) in [4.78, 5) is 24.2. The monoisotopic (exact) mass is 279 g/mol.